The molecule has 79 heavy (non-hydrogen) atoms. The van der Waals surface area contributed by atoms with Crippen LogP contribution in [0.1, 0.15) is 65.8 Å². The van der Waals surface area contributed by atoms with Crippen LogP contribution in [0.25, 0.3) is 82.8 Å². The summed E-state index contributed by atoms with van der Waals surface area (Å²) in [4.78, 5) is 2.48. The predicted molar refractivity (Wildman–Crippen MR) is 332 cm³/mol. The summed E-state index contributed by atoms with van der Waals surface area (Å²) in [6, 6.07) is 106. The molecule has 0 bridgehead atoms. The lowest BCUT2D eigenvalue weighted by Crippen LogP contribution is -2.28. The number of para-hydroxylation sites is 3. The van der Waals surface area contributed by atoms with E-state index in [-0.39, 0.29) is 0 Å². The second-order valence-corrected chi connectivity index (χ2v) is 21.7. The first kappa shape index (κ1) is 46.8. The van der Waals surface area contributed by atoms with Gasteiger partial charge in [-0.25, -0.2) is 0 Å². The van der Waals surface area contributed by atoms with Gasteiger partial charge in [-0.15, -0.1) is 0 Å². The minimum atomic E-state index is -0.471. The standard InChI is InChI=1S/C77H58N2/c1-5-21-55(22-6-1)64-34-19-23-56-24-20-35-70(76(56)64)68-33-15-17-37-73(68)78(63-47-41-54(42-48-63)58-44-50-69-67-32-14-18-38-74(67)79(75(69)52-58)61-29-11-4-12-30-61)62-45-39-53(40-46-62)57-43-49-66-65-31-13-16-36-71(65)77(72(66)51-57,59-25-7-2-8-26-59)60-27-9-3-10-28-60/h2-4,7-20,23-52,55H,1,5-6,21-22H2. The first-order valence-electron chi connectivity index (χ1n) is 28.3. The Hall–Kier alpha value is -9.50. The summed E-state index contributed by atoms with van der Waals surface area (Å²) in [5.74, 6) is 0.564. The van der Waals surface area contributed by atoms with E-state index in [9.17, 15) is 0 Å². The maximum atomic E-state index is 2.48. The van der Waals surface area contributed by atoms with Crippen LogP contribution in [0.2, 0.25) is 0 Å². The molecular formula is C77H58N2. The number of benzene rings is 12. The highest BCUT2D eigenvalue weighted by atomic mass is 15.1. The van der Waals surface area contributed by atoms with Crippen molar-refractivity contribution in [3.05, 3.63) is 313 Å². The van der Waals surface area contributed by atoms with Gasteiger partial charge in [-0.3, -0.25) is 0 Å². The Kier molecular flexibility index (Phi) is 11.5. The smallest absolute Gasteiger partial charge is 0.0713 e. The SMILES string of the molecule is c1ccc(-n2c3ccccc3c3ccc(-c4ccc(N(c5ccc(-c6ccc7c(c6)C(c6ccccc6)(c6ccccc6)c6ccccc6-7)cc5)c5ccccc5-c5cccc6cccc(C7CCCCC7)c56)cc4)cc32)cc1. The monoisotopic (exact) mass is 1010 g/mol. The Bertz CT molecular complexity index is 4330. The maximum Gasteiger partial charge on any atom is 0.0713 e. The highest BCUT2D eigenvalue weighted by Gasteiger charge is 2.46. The summed E-state index contributed by atoms with van der Waals surface area (Å²) >= 11 is 0. The third-order valence-corrected chi connectivity index (χ3v) is 17.5. The molecule has 15 rings (SSSR count). The summed E-state index contributed by atoms with van der Waals surface area (Å²) in [7, 11) is 0. The van der Waals surface area contributed by atoms with E-state index in [4.69, 9.17) is 0 Å². The summed E-state index contributed by atoms with van der Waals surface area (Å²) in [5, 5.41) is 5.21. The van der Waals surface area contributed by atoms with Gasteiger partial charge in [0.1, 0.15) is 0 Å². The van der Waals surface area contributed by atoms with E-state index >= 15 is 0 Å². The van der Waals surface area contributed by atoms with Crippen molar-refractivity contribution in [2.45, 2.75) is 43.4 Å². The van der Waals surface area contributed by atoms with Gasteiger partial charge in [0, 0.05) is 33.4 Å². The van der Waals surface area contributed by atoms with Gasteiger partial charge in [0.25, 0.3) is 0 Å². The van der Waals surface area contributed by atoms with Gasteiger partial charge in [-0.2, -0.15) is 0 Å². The van der Waals surface area contributed by atoms with Crippen LogP contribution in [0.5, 0.6) is 0 Å². The fourth-order valence-corrected chi connectivity index (χ4v) is 13.9. The zero-order valence-electron chi connectivity index (χ0n) is 44.1. The Labute approximate surface area is 463 Å². The molecule has 1 heterocycles. The Balaban J connectivity index is 0.873. The lowest BCUT2D eigenvalue weighted by molar-refractivity contribution is 0.445. The summed E-state index contributed by atoms with van der Waals surface area (Å²) < 4.78 is 2.41. The number of hydrogen-bond acceptors (Lipinski definition) is 1. The van der Waals surface area contributed by atoms with Crippen LogP contribution in [0.4, 0.5) is 17.1 Å². The molecule has 1 fully saturated rings. The quantitative estimate of drug-likeness (QED) is 0.133. The number of anilines is 3. The molecule has 0 spiro atoms. The molecule has 2 nitrogen and oxygen atoms in total. The van der Waals surface area contributed by atoms with Crippen LogP contribution in [0.15, 0.2) is 285 Å². The van der Waals surface area contributed by atoms with Crippen molar-refractivity contribution < 1.29 is 0 Å². The normalized spacial score (nSPS) is 13.9. The van der Waals surface area contributed by atoms with E-state index < -0.39 is 5.41 Å². The molecule has 12 aromatic carbocycles. The van der Waals surface area contributed by atoms with Gasteiger partial charge >= 0.3 is 0 Å². The fraction of sp³-hybridized carbons (Fsp3) is 0.0909. The summed E-state index contributed by atoms with van der Waals surface area (Å²) in [6.07, 6.45) is 6.42. The highest BCUT2D eigenvalue weighted by Crippen LogP contribution is 2.57. The second kappa shape index (κ2) is 19.5. The van der Waals surface area contributed by atoms with Crippen molar-refractivity contribution in [1.82, 2.24) is 4.57 Å². The van der Waals surface area contributed by atoms with Crippen molar-refractivity contribution in [3.63, 3.8) is 0 Å². The van der Waals surface area contributed by atoms with E-state index in [1.165, 1.54) is 137 Å². The lowest BCUT2D eigenvalue weighted by atomic mass is 9.67. The van der Waals surface area contributed by atoms with E-state index in [1.807, 2.05) is 0 Å². The molecule has 1 saturated carbocycles. The molecule has 0 atom stereocenters. The predicted octanol–water partition coefficient (Wildman–Crippen LogP) is 20.8. The van der Waals surface area contributed by atoms with Crippen LogP contribution < -0.4 is 4.90 Å². The van der Waals surface area contributed by atoms with Crippen molar-refractivity contribution in [2.75, 3.05) is 4.90 Å². The average molecular weight is 1010 g/mol. The van der Waals surface area contributed by atoms with Gasteiger partial charge in [-0.05, 0) is 157 Å². The molecule has 13 aromatic rings. The highest BCUT2D eigenvalue weighted by molar-refractivity contribution is 6.10. The van der Waals surface area contributed by atoms with Crippen molar-refractivity contribution in [1.29, 1.82) is 0 Å². The van der Waals surface area contributed by atoms with Crippen LogP contribution >= 0.6 is 0 Å². The van der Waals surface area contributed by atoms with Gasteiger partial charge in [0.15, 0.2) is 0 Å². The Morgan fingerprint density at radius 1 is 0.354 bits per heavy atom. The summed E-state index contributed by atoms with van der Waals surface area (Å²) in [5.41, 5.74) is 22.9. The first-order valence-corrected chi connectivity index (χ1v) is 28.3. The molecule has 0 radical (unpaired) electrons. The third kappa shape index (κ3) is 7.77. The van der Waals surface area contributed by atoms with Gasteiger partial charge in [0.05, 0.1) is 22.1 Å². The van der Waals surface area contributed by atoms with Crippen molar-refractivity contribution in [2.24, 2.45) is 0 Å². The van der Waals surface area contributed by atoms with Gasteiger partial charge in [0.2, 0.25) is 0 Å². The van der Waals surface area contributed by atoms with Crippen molar-refractivity contribution >= 4 is 49.6 Å². The van der Waals surface area contributed by atoms with Gasteiger partial charge in [-0.1, -0.05) is 244 Å². The Morgan fingerprint density at radius 3 is 1.59 bits per heavy atom. The van der Waals surface area contributed by atoms with E-state index in [0.717, 1.165) is 22.7 Å². The molecule has 2 heteroatoms. The Morgan fingerprint density at radius 2 is 0.886 bits per heavy atom. The number of aromatic nitrogens is 1. The number of rotatable bonds is 10. The molecule has 0 N–H and O–H groups in total. The minimum Gasteiger partial charge on any atom is -0.310 e. The van der Waals surface area contributed by atoms with Crippen LogP contribution in [0, 0.1) is 0 Å². The fourth-order valence-electron chi connectivity index (χ4n) is 13.9. The topological polar surface area (TPSA) is 8.17 Å². The minimum absolute atomic E-state index is 0.471. The molecule has 2 aliphatic rings. The molecule has 0 unspecified atom stereocenters. The molecular weight excluding hydrogens is 953 g/mol. The summed E-state index contributed by atoms with van der Waals surface area (Å²) in [6.45, 7) is 0. The molecule has 376 valence electrons. The van der Waals surface area contributed by atoms with Crippen LogP contribution in [0.3, 0.4) is 0 Å². The number of hydrogen-bond donors (Lipinski definition) is 0. The van der Waals surface area contributed by atoms with Gasteiger partial charge < -0.3 is 9.47 Å². The maximum absolute atomic E-state index is 2.48. The first-order chi connectivity index (χ1) is 39.2. The molecule has 1 aromatic heterocycles. The molecule has 2 aliphatic carbocycles. The van der Waals surface area contributed by atoms with Crippen LogP contribution in [-0.2, 0) is 5.41 Å². The third-order valence-electron chi connectivity index (χ3n) is 17.5. The zero-order chi connectivity index (χ0) is 52.3. The number of nitrogens with zero attached hydrogens (tertiary/aromatic N) is 2. The van der Waals surface area contributed by atoms with E-state index in [0.29, 0.717) is 5.92 Å². The lowest BCUT2D eigenvalue weighted by Gasteiger charge is -2.34. The molecule has 0 aliphatic heterocycles. The molecule has 0 saturated heterocycles. The van der Waals surface area contributed by atoms with E-state index in [2.05, 4.69) is 295 Å². The molecule has 0 amide bonds. The second-order valence-electron chi connectivity index (χ2n) is 21.7. The number of fused-ring (bicyclic) bond motifs is 7. The van der Waals surface area contributed by atoms with Crippen LogP contribution in [-0.4, -0.2) is 4.57 Å². The average Bonchev–Trinajstić information content (AvgIpc) is 4.19. The largest absolute Gasteiger partial charge is 0.310 e. The van der Waals surface area contributed by atoms with Crippen molar-refractivity contribution in [3.8, 4) is 50.2 Å². The zero-order valence-corrected chi connectivity index (χ0v) is 44.1. The van der Waals surface area contributed by atoms with E-state index in [1.54, 1.807) is 0 Å².